The number of fused-ring (bicyclic) bond motifs is 1. The monoisotopic (exact) mass is 381 g/mol. The van der Waals surface area contributed by atoms with E-state index in [1.54, 1.807) is 0 Å². The summed E-state index contributed by atoms with van der Waals surface area (Å²) in [4.78, 5) is 0. The van der Waals surface area contributed by atoms with Gasteiger partial charge in [-0.25, -0.2) is 0 Å². The normalized spacial score (nSPS) is 21.7. The zero-order chi connectivity index (χ0) is 19.6. The summed E-state index contributed by atoms with van der Waals surface area (Å²) in [6, 6.07) is 32.7. The van der Waals surface area contributed by atoms with Gasteiger partial charge < -0.3 is 0 Å². The SMILES string of the molecule is CC(C1C=CC(C)(C#N)c2ccccc21)P(c1ccccc1)c1ccccc1. The lowest BCUT2D eigenvalue weighted by Crippen LogP contribution is -2.30. The van der Waals surface area contributed by atoms with Crippen molar-refractivity contribution in [3.8, 4) is 6.07 Å². The molecule has 0 radical (unpaired) electrons. The van der Waals surface area contributed by atoms with Gasteiger partial charge in [0.25, 0.3) is 0 Å². The molecular weight excluding hydrogens is 357 g/mol. The number of nitriles is 1. The van der Waals surface area contributed by atoms with Gasteiger partial charge in [0.2, 0.25) is 0 Å². The Morgan fingerprint density at radius 3 is 1.96 bits per heavy atom. The van der Waals surface area contributed by atoms with E-state index in [9.17, 15) is 5.26 Å². The maximum Gasteiger partial charge on any atom is 0.0977 e. The highest BCUT2D eigenvalue weighted by molar-refractivity contribution is 7.73. The van der Waals surface area contributed by atoms with Crippen molar-refractivity contribution >= 4 is 18.5 Å². The number of hydrogen-bond acceptors (Lipinski definition) is 1. The molecule has 1 aliphatic carbocycles. The molecule has 0 saturated carbocycles. The third-order valence-electron chi connectivity index (χ3n) is 5.74. The molecule has 0 N–H and O–H groups in total. The molecule has 3 atom stereocenters. The van der Waals surface area contributed by atoms with Crippen molar-refractivity contribution in [2.24, 2.45) is 0 Å². The van der Waals surface area contributed by atoms with Crippen molar-refractivity contribution in [1.82, 2.24) is 0 Å². The first-order valence-electron chi connectivity index (χ1n) is 9.73. The third-order valence-corrected chi connectivity index (χ3v) is 8.59. The molecule has 0 aromatic heterocycles. The molecule has 0 spiro atoms. The predicted octanol–water partition coefficient (Wildman–Crippen LogP) is 5.64. The maximum absolute atomic E-state index is 9.79. The van der Waals surface area contributed by atoms with Crippen molar-refractivity contribution < 1.29 is 0 Å². The zero-order valence-corrected chi connectivity index (χ0v) is 17.2. The van der Waals surface area contributed by atoms with E-state index >= 15 is 0 Å². The minimum atomic E-state index is -0.547. The van der Waals surface area contributed by atoms with Gasteiger partial charge in [-0.2, -0.15) is 5.26 Å². The van der Waals surface area contributed by atoms with Crippen LogP contribution in [0.15, 0.2) is 97.1 Å². The molecular formula is C26H24NP. The summed E-state index contributed by atoms with van der Waals surface area (Å²) in [5, 5.41) is 12.6. The van der Waals surface area contributed by atoms with Crippen LogP contribution in [0.2, 0.25) is 0 Å². The second-order valence-corrected chi connectivity index (χ2v) is 10.2. The van der Waals surface area contributed by atoms with E-state index in [4.69, 9.17) is 0 Å². The summed E-state index contributed by atoms with van der Waals surface area (Å²) in [6.07, 6.45) is 4.39. The van der Waals surface area contributed by atoms with Gasteiger partial charge in [0, 0.05) is 5.92 Å². The van der Waals surface area contributed by atoms with Crippen molar-refractivity contribution in [3.05, 3.63) is 108 Å². The summed E-state index contributed by atoms with van der Waals surface area (Å²) in [6.45, 7) is 4.38. The van der Waals surface area contributed by atoms with Gasteiger partial charge in [-0.1, -0.05) is 104 Å². The summed E-state index contributed by atoms with van der Waals surface area (Å²) >= 11 is 0. The number of rotatable bonds is 4. The highest BCUT2D eigenvalue weighted by Gasteiger charge is 2.36. The van der Waals surface area contributed by atoms with Gasteiger partial charge in [0.05, 0.1) is 11.5 Å². The van der Waals surface area contributed by atoms with Crippen molar-refractivity contribution in [2.45, 2.75) is 30.8 Å². The number of nitrogens with zero attached hydrogens (tertiary/aromatic N) is 1. The summed E-state index contributed by atoms with van der Waals surface area (Å²) in [5.41, 5.74) is 2.31. The Bertz CT molecular complexity index is 980. The van der Waals surface area contributed by atoms with Gasteiger partial charge >= 0.3 is 0 Å². The van der Waals surface area contributed by atoms with Crippen LogP contribution >= 0.6 is 7.92 Å². The second-order valence-electron chi connectivity index (χ2n) is 7.57. The standard InChI is InChI=1S/C26H24NP/c1-20(23-17-18-26(2,19-27)25-16-10-9-15-24(23)25)28(21-11-5-3-6-12-21)22-13-7-4-8-14-22/h3-18,20,23H,1-2H3. The van der Waals surface area contributed by atoms with Crippen molar-refractivity contribution in [1.29, 1.82) is 5.26 Å². The summed E-state index contributed by atoms with van der Waals surface area (Å²) in [7, 11) is -0.529. The van der Waals surface area contributed by atoms with E-state index in [0.29, 0.717) is 11.6 Å². The second kappa shape index (κ2) is 7.75. The molecule has 0 bridgehead atoms. The molecule has 0 saturated heterocycles. The molecule has 3 aromatic carbocycles. The van der Waals surface area contributed by atoms with Crippen LogP contribution in [0, 0.1) is 11.3 Å². The molecule has 0 aliphatic heterocycles. The third kappa shape index (κ3) is 3.30. The van der Waals surface area contributed by atoms with E-state index in [-0.39, 0.29) is 0 Å². The zero-order valence-electron chi connectivity index (χ0n) is 16.3. The Hall–Kier alpha value is -2.68. The van der Waals surface area contributed by atoms with Crippen molar-refractivity contribution in [2.75, 3.05) is 0 Å². The predicted molar refractivity (Wildman–Crippen MR) is 120 cm³/mol. The van der Waals surface area contributed by atoms with Crippen LogP contribution < -0.4 is 10.6 Å². The van der Waals surface area contributed by atoms with E-state index in [1.807, 2.05) is 13.0 Å². The van der Waals surface area contributed by atoms with Crippen LogP contribution in [0.25, 0.3) is 0 Å². The highest BCUT2D eigenvalue weighted by atomic mass is 31.1. The van der Waals surface area contributed by atoms with Crippen LogP contribution in [0.1, 0.15) is 30.9 Å². The van der Waals surface area contributed by atoms with E-state index in [1.165, 1.54) is 16.2 Å². The first kappa shape index (κ1) is 18.7. The largest absolute Gasteiger partial charge is 0.197 e. The molecule has 2 heteroatoms. The minimum Gasteiger partial charge on any atom is -0.197 e. The fourth-order valence-corrected chi connectivity index (χ4v) is 7.03. The Balaban J connectivity index is 1.81. The molecule has 3 unspecified atom stereocenters. The smallest absolute Gasteiger partial charge is 0.0977 e. The fourth-order valence-electron chi connectivity index (χ4n) is 4.23. The molecule has 1 nitrogen and oxygen atoms in total. The Morgan fingerprint density at radius 1 is 0.857 bits per heavy atom. The van der Waals surface area contributed by atoms with Gasteiger partial charge in [-0.3, -0.25) is 0 Å². The molecule has 138 valence electrons. The van der Waals surface area contributed by atoms with Gasteiger partial charge in [0.1, 0.15) is 0 Å². The highest BCUT2D eigenvalue weighted by Crippen LogP contribution is 2.50. The van der Waals surface area contributed by atoms with Crippen molar-refractivity contribution in [3.63, 3.8) is 0 Å². The average molecular weight is 381 g/mol. The summed E-state index contributed by atoms with van der Waals surface area (Å²) < 4.78 is 0. The Labute approximate surface area is 169 Å². The van der Waals surface area contributed by atoms with E-state index in [0.717, 1.165) is 5.56 Å². The molecule has 0 heterocycles. The first-order chi connectivity index (χ1) is 13.6. The topological polar surface area (TPSA) is 23.8 Å². The molecule has 3 aromatic rings. The summed E-state index contributed by atoms with van der Waals surface area (Å²) in [5.74, 6) is 0.296. The lowest BCUT2D eigenvalue weighted by atomic mass is 9.72. The first-order valence-corrected chi connectivity index (χ1v) is 11.1. The Morgan fingerprint density at radius 2 is 1.39 bits per heavy atom. The molecule has 0 amide bonds. The van der Waals surface area contributed by atoms with Gasteiger partial charge in [0.15, 0.2) is 0 Å². The number of allylic oxidation sites excluding steroid dienone is 2. The van der Waals surface area contributed by atoms with Gasteiger partial charge in [-0.15, -0.1) is 0 Å². The van der Waals surface area contributed by atoms with Gasteiger partial charge in [-0.05, 0) is 42.2 Å². The number of benzene rings is 3. The minimum absolute atomic E-state index is 0.296. The maximum atomic E-state index is 9.79. The number of hydrogen-bond donors (Lipinski definition) is 0. The molecule has 28 heavy (non-hydrogen) atoms. The van der Waals surface area contributed by atoms with Crippen LogP contribution in [-0.4, -0.2) is 5.66 Å². The Kier molecular flexibility index (Phi) is 5.17. The van der Waals surface area contributed by atoms with E-state index in [2.05, 4.69) is 104 Å². The van der Waals surface area contributed by atoms with Crippen LogP contribution in [0.5, 0.6) is 0 Å². The lowest BCUT2D eigenvalue weighted by Gasteiger charge is -2.36. The quantitative estimate of drug-likeness (QED) is 0.424. The lowest BCUT2D eigenvalue weighted by molar-refractivity contribution is 0.687. The van der Waals surface area contributed by atoms with Crippen LogP contribution in [0.4, 0.5) is 0 Å². The van der Waals surface area contributed by atoms with Crippen LogP contribution in [0.3, 0.4) is 0 Å². The van der Waals surface area contributed by atoms with Crippen LogP contribution in [-0.2, 0) is 5.41 Å². The van der Waals surface area contributed by atoms with E-state index < -0.39 is 13.3 Å². The average Bonchev–Trinajstić information content (AvgIpc) is 2.76. The fraction of sp³-hybridized carbons (Fsp3) is 0.192. The molecule has 1 aliphatic rings. The molecule has 0 fully saturated rings. The molecule has 4 rings (SSSR count).